The fourth-order valence-electron chi connectivity index (χ4n) is 3.60. The molecular weight excluding hydrogens is 471 g/mol. The van der Waals surface area contributed by atoms with Crippen LogP contribution in [0.1, 0.15) is 23.6 Å². The fraction of sp³-hybridized carbons (Fsp3) is 0.259. The summed E-state index contributed by atoms with van der Waals surface area (Å²) < 4.78 is 13.5. The number of hydrogen-bond acceptors (Lipinski definition) is 3. The van der Waals surface area contributed by atoms with Crippen LogP contribution in [0.15, 0.2) is 78.9 Å². The number of hydrogen-bond donors (Lipinski definition) is 1. The molecule has 1 N–H and O–H groups in total. The van der Waals surface area contributed by atoms with Crippen LogP contribution < -0.4 is 5.32 Å². The van der Waals surface area contributed by atoms with Crippen LogP contribution in [0.2, 0.25) is 5.02 Å². The van der Waals surface area contributed by atoms with Crippen LogP contribution in [-0.4, -0.2) is 35.1 Å². The zero-order valence-corrected chi connectivity index (χ0v) is 20.6. The molecule has 3 rings (SSSR count). The van der Waals surface area contributed by atoms with Gasteiger partial charge in [-0.2, -0.15) is 0 Å². The van der Waals surface area contributed by atoms with Gasteiger partial charge >= 0.3 is 0 Å². The van der Waals surface area contributed by atoms with Crippen molar-refractivity contribution in [2.75, 3.05) is 12.3 Å². The first-order chi connectivity index (χ1) is 16.5. The number of nitrogens with zero attached hydrogens (tertiary/aromatic N) is 1. The summed E-state index contributed by atoms with van der Waals surface area (Å²) in [6, 6.07) is 22.5. The number of nitrogens with one attached hydrogen (secondary N) is 1. The molecule has 3 aromatic carbocycles. The Morgan fingerprint density at radius 2 is 1.68 bits per heavy atom. The van der Waals surface area contributed by atoms with Crippen molar-refractivity contribution < 1.29 is 14.0 Å². The summed E-state index contributed by atoms with van der Waals surface area (Å²) in [5.74, 6) is 0.132. The van der Waals surface area contributed by atoms with Crippen LogP contribution in [0.25, 0.3) is 0 Å². The van der Waals surface area contributed by atoms with E-state index in [0.29, 0.717) is 23.7 Å². The molecule has 0 saturated heterocycles. The Kier molecular flexibility index (Phi) is 9.98. The molecular formula is C27H28ClFN2O2S. The molecule has 0 spiro atoms. The van der Waals surface area contributed by atoms with Gasteiger partial charge in [-0.25, -0.2) is 4.39 Å². The number of rotatable bonds is 11. The second-order valence-electron chi connectivity index (χ2n) is 7.87. The van der Waals surface area contributed by atoms with Crippen molar-refractivity contribution in [2.24, 2.45) is 0 Å². The summed E-state index contributed by atoms with van der Waals surface area (Å²) in [6.45, 7) is 2.53. The van der Waals surface area contributed by atoms with Crippen LogP contribution in [0, 0.1) is 5.82 Å². The van der Waals surface area contributed by atoms with Gasteiger partial charge in [-0.3, -0.25) is 9.59 Å². The van der Waals surface area contributed by atoms with Gasteiger partial charge in [0.05, 0.1) is 5.75 Å². The highest BCUT2D eigenvalue weighted by Crippen LogP contribution is 2.20. The number of thioether (sulfide) groups is 1. The minimum Gasteiger partial charge on any atom is -0.355 e. The molecule has 0 radical (unpaired) electrons. The topological polar surface area (TPSA) is 49.4 Å². The zero-order chi connectivity index (χ0) is 24.3. The summed E-state index contributed by atoms with van der Waals surface area (Å²) >= 11 is 7.54. The molecule has 178 valence electrons. The number of carbonyl (C=O) groups is 2. The molecule has 1 atom stereocenters. The lowest BCUT2D eigenvalue weighted by Crippen LogP contribution is -2.51. The van der Waals surface area contributed by atoms with E-state index in [9.17, 15) is 14.0 Å². The van der Waals surface area contributed by atoms with E-state index in [1.54, 1.807) is 17.0 Å². The standard InChI is InChI=1S/C27H28ClFN2O2S/c1-2-30-27(33)25(16-20-7-4-3-5-8-20)31(17-21-11-13-24(29)14-12-21)26(32)19-34-18-22-9-6-10-23(28)15-22/h3-15,25H,2,16-19H2,1H3,(H,30,33)/t25-/m0/s1. The second kappa shape index (κ2) is 13.2. The first kappa shape index (κ1) is 25.8. The summed E-state index contributed by atoms with van der Waals surface area (Å²) in [6.07, 6.45) is 0.387. The van der Waals surface area contributed by atoms with Crippen molar-refractivity contribution in [1.29, 1.82) is 0 Å². The number of carbonyl (C=O) groups excluding carboxylic acids is 2. The molecule has 0 aliphatic rings. The van der Waals surface area contributed by atoms with E-state index < -0.39 is 6.04 Å². The Labute approximate surface area is 209 Å². The van der Waals surface area contributed by atoms with Gasteiger partial charge < -0.3 is 10.2 Å². The lowest BCUT2D eigenvalue weighted by atomic mass is 10.0. The van der Waals surface area contributed by atoms with E-state index in [-0.39, 0.29) is 29.9 Å². The average Bonchev–Trinajstić information content (AvgIpc) is 2.83. The molecule has 0 aliphatic heterocycles. The van der Waals surface area contributed by atoms with E-state index in [1.807, 2.05) is 61.5 Å². The zero-order valence-electron chi connectivity index (χ0n) is 19.0. The highest BCUT2D eigenvalue weighted by molar-refractivity contribution is 7.99. The van der Waals surface area contributed by atoms with Gasteiger partial charge in [-0.1, -0.05) is 66.2 Å². The van der Waals surface area contributed by atoms with E-state index in [1.165, 1.54) is 23.9 Å². The smallest absolute Gasteiger partial charge is 0.243 e. The Hall–Kier alpha value is -2.83. The maximum Gasteiger partial charge on any atom is 0.243 e. The average molecular weight is 499 g/mol. The van der Waals surface area contributed by atoms with Gasteiger partial charge in [-0.05, 0) is 47.9 Å². The normalized spacial score (nSPS) is 11.6. The summed E-state index contributed by atoms with van der Waals surface area (Å²) in [7, 11) is 0. The Morgan fingerprint density at radius 1 is 0.971 bits per heavy atom. The first-order valence-corrected chi connectivity index (χ1v) is 12.7. The quantitative estimate of drug-likeness (QED) is 0.380. The summed E-state index contributed by atoms with van der Waals surface area (Å²) in [4.78, 5) is 28.1. The van der Waals surface area contributed by atoms with Gasteiger partial charge in [0.25, 0.3) is 0 Å². The molecule has 0 heterocycles. The van der Waals surface area contributed by atoms with E-state index in [4.69, 9.17) is 11.6 Å². The third-order valence-corrected chi connectivity index (χ3v) is 6.50. The molecule has 0 aliphatic carbocycles. The van der Waals surface area contributed by atoms with Crippen molar-refractivity contribution in [3.05, 3.63) is 106 Å². The molecule has 0 fully saturated rings. The fourth-order valence-corrected chi connectivity index (χ4v) is 4.67. The molecule has 7 heteroatoms. The Morgan fingerprint density at radius 3 is 2.35 bits per heavy atom. The molecule has 0 aromatic heterocycles. The molecule has 0 unspecified atom stereocenters. The van der Waals surface area contributed by atoms with Crippen LogP contribution >= 0.6 is 23.4 Å². The molecule has 4 nitrogen and oxygen atoms in total. The molecule has 0 saturated carbocycles. The van der Waals surface area contributed by atoms with Gasteiger partial charge in [0, 0.05) is 30.3 Å². The Bertz CT molecular complexity index is 1080. The second-order valence-corrected chi connectivity index (χ2v) is 9.29. The van der Waals surface area contributed by atoms with Crippen molar-refractivity contribution in [2.45, 2.75) is 31.7 Å². The van der Waals surface area contributed by atoms with Gasteiger partial charge in [0.15, 0.2) is 0 Å². The lowest BCUT2D eigenvalue weighted by Gasteiger charge is -2.31. The SMILES string of the molecule is CCNC(=O)[C@H](Cc1ccccc1)N(Cc1ccc(F)cc1)C(=O)CSCc1cccc(Cl)c1. The molecule has 34 heavy (non-hydrogen) atoms. The van der Waals surface area contributed by atoms with Crippen LogP contribution in [0.4, 0.5) is 4.39 Å². The monoisotopic (exact) mass is 498 g/mol. The minimum atomic E-state index is -0.688. The molecule has 3 aromatic rings. The van der Waals surface area contributed by atoms with Gasteiger partial charge in [0.2, 0.25) is 11.8 Å². The molecule has 2 amide bonds. The highest BCUT2D eigenvalue weighted by Gasteiger charge is 2.30. The summed E-state index contributed by atoms with van der Waals surface area (Å²) in [5.41, 5.74) is 2.75. The summed E-state index contributed by atoms with van der Waals surface area (Å²) in [5, 5.41) is 3.52. The third-order valence-electron chi connectivity index (χ3n) is 5.27. The van der Waals surface area contributed by atoms with Crippen molar-refractivity contribution >= 4 is 35.2 Å². The van der Waals surface area contributed by atoms with E-state index >= 15 is 0 Å². The maximum atomic E-state index is 13.5. The number of halogens is 2. The lowest BCUT2D eigenvalue weighted by molar-refractivity contribution is -0.139. The van der Waals surface area contributed by atoms with E-state index in [2.05, 4.69) is 5.32 Å². The first-order valence-electron chi connectivity index (χ1n) is 11.1. The maximum absolute atomic E-state index is 13.5. The Balaban J connectivity index is 1.81. The van der Waals surface area contributed by atoms with Crippen molar-refractivity contribution in [3.63, 3.8) is 0 Å². The number of likely N-dealkylation sites (N-methyl/N-ethyl adjacent to an activating group) is 1. The van der Waals surface area contributed by atoms with Crippen LogP contribution in [0.5, 0.6) is 0 Å². The largest absolute Gasteiger partial charge is 0.355 e. The van der Waals surface area contributed by atoms with Crippen LogP contribution in [0.3, 0.4) is 0 Å². The van der Waals surface area contributed by atoms with Crippen LogP contribution in [-0.2, 0) is 28.3 Å². The number of benzene rings is 3. The van der Waals surface area contributed by atoms with Gasteiger partial charge in [0.1, 0.15) is 11.9 Å². The number of amides is 2. The predicted octanol–water partition coefficient (Wildman–Crippen LogP) is 5.49. The van der Waals surface area contributed by atoms with Crippen molar-refractivity contribution in [3.8, 4) is 0 Å². The molecule has 0 bridgehead atoms. The van der Waals surface area contributed by atoms with Crippen molar-refractivity contribution in [1.82, 2.24) is 10.2 Å². The third kappa shape index (κ3) is 7.89. The minimum absolute atomic E-state index is 0.150. The van der Waals surface area contributed by atoms with E-state index in [0.717, 1.165) is 16.7 Å². The predicted molar refractivity (Wildman–Crippen MR) is 137 cm³/mol. The highest BCUT2D eigenvalue weighted by atomic mass is 35.5. The van der Waals surface area contributed by atoms with Gasteiger partial charge in [-0.15, -0.1) is 11.8 Å².